The molecule has 0 bridgehead atoms. The lowest BCUT2D eigenvalue weighted by atomic mass is 9.90. The molecule has 2 aliphatic rings. The zero-order valence-electron chi connectivity index (χ0n) is 9.90. The van der Waals surface area contributed by atoms with Gasteiger partial charge in [-0.25, -0.2) is 0 Å². The summed E-state index contributed by atoms with van der Waals surface area (Å²) >= 11 is 3.52. The van der Waals surface area contributed by atoms with Crippen LogP contribution in [0.15, 0.2) is 28.7 Å². The fourth-order valence-corrected chi connectivity index (χ4v) is 3.82. The second kappa shape index (κ2) is 4.71. The summed E-state index contributed by atoms with van der Waals surface area (Å²) in [7, 11) is 0. The van der Waals surface area contributed by atoms with E-state index in [1.807, 2.05) is 0 Å². The van der Waals surface area contributed by atoms with Gasteiger partial charge in [-0.3, -0.25) is 11.3 Å². The molecule has 0 heterocycles. The van der Waals surface area contributed by atoms with Gasteiger partial charge < -0.3 is 0 Å². The van der Waals surface area contributed by atoms with Crippen molar-refractivity contribution in [3.8, 4) is 0 Å². The molecule has 0 radical (unpaired) electrons. The summed E-state index contributed by atoms with van der Waals surface area (Å²) in [5.74, 6) is 8.57. The van der Waals surface area contributed by atoms with Crippen molar-refractivity contribution in [3.05, 3.63) is 34.3 Å². The van der Waals surface area contributed by atoms with Gasteiger partial charge in [0.25, 0.3) is 0 Å². The van der Waals surface area contributed by atoms with E-state index in [1.54, 1.807) is 0 Å². The molecule has 2 nitrogen and oxygen atoms in total. The van der Waals surface area contributed by atoms with Crippen molar-refractivity contribution in [3.63, 3.8) is 0 Å². The average Bonchev–Trinajstić information content (AvgIpc) is 2.93. The monoisotopic (exact) mass is 294 g/mol. The number of halogens is 1. The van der Waals surface area contributed by atoms with Crippen LogP contribution in [0, 0.1) is 17.8 Å². The lowest BCUT2D eigenvalue weighted by molar-refractivity contribution is 0.336. The fourth-order valence-electron chi connectivity index (χ4n) is 3.37. The lowest BCUT2D eigenvalue weighted by Gasteiger charge is -2.24. The molecule has 3 unspecified atom stereocenters. The van der Waals surface area contributed by atoms with Crippen molar-refractivity contribution in [1.82, 2.24) is 5.43 Å². The van der Waals surface area contributed by atoms with Crippen LogP contribution in [0.2, 0.25) is 0 Å². The minimum absolute atomic E-state index is 0.442. The van der Waals surface area contributed by atoms with Crippen LogP contribution in [0.5, 0.6) is 0 Å². The minimum Gasteiger partial charge on any atom is -0.271 e. The molecule has 0 amide bonds. The highest BCUT2D eigenvalue weighted by Gasteiger charge is 2.47. The average molecular weight is 295 g/mol. The highest BCUT2D eigenvalue weighted by atomic mass is 79.9. The smallest absolute Gasteiger partial charge is 0.0279 e. The van der Waals surface area contributed by atoms with E-state index in [9.17, 15) is 0 Å². The number of nitrogens with one attached hydrogen (secondary N) is 1. The van der Waals surface area contributed by atoms with Crippen molar-refractivity contribution < 1.29 is 0 Å². The van der Waals surface area contributed by atoms with E-state index in [-0.39, 0.29) is 0 Å². The molecule has 3 heteroatoms. The molecule has 3 atom stereocenters. The van der Waals surface area contributed by atoms with Crippen molar-refractivity contribution in [2.24, 2.45) is 23.6 Å². The Balaban J connectivity index is 1.65. The lowest BCUT2D eigenvalue weighted by Crippen LogP contribution is -2.42. The largest absolute Gasteiger partial charge is 0.271 e. The third-order valence-electron chi connectivity index (χ3n) is 4.41. The quantitative estimate of drug-likeness (QED) is 0.662. The predicted molar refractivity (Wildman–Crippen MR) is 73.3 cm³/mol. The van der Waals surface area contributed by atoms with Crippen molar-refractivity contribution in [2.45, 2.75) is 31.7 Å². The third-order valence-corrected chi connectivity index (χ3v) is 4.90. The number of nitrogens with two attached hydrogens (primary N) is 1. The summed E-state index contributed by atoms with van der Waals surface area (Å²) in [5.41, 5.74) is 4.40. The van der Waals surface area contributed by atoms with E-state index in [4.69, 9.17) is 5.84 Å². The molecule has 0 aliphatic heterocycles. The molecule has 1 aromatic carbocycles. The van der Waals surface area contributed by atoms with Crippen LogP contribution in [0.3, 0.4) is 0 Å². The molecule has 0 spiro atoms. The highest BCUT2D eigenvalue weighted by Crippen LogP contribution is 2.55. The summed E-state index contributed by atoms with van der Waals surface area (Å²) in [5, 5.41) is 0. The van der Waals surface area contributed by atoms with Crippen LogP contribution in [-0.4, -0.2) is 6.04 Å². The molecule has 2 aliphatic carbocycles. The van der Waals surface area contributed by atoms with Crippen LogP contribution in [0.4, 0.5) is 0 Å². The molecule has 2 fully saturated rings. The highest BCUT2D eigenvalue weighted by molar-refractivity contribution is 9.10. The van der Waals surface area contributed by atoms with E-state index >= 15 is 0 Å². The van der Waals surface area contributed by atoms with E-state index in [1.165, 1.54) is 24.8 Å². The SMILES string of the molecule is NNC(Cc1cccc(Br)c1)C1CC2CC2C1. The minimum atomic E-state index is 0.442. The Morgan fingerprint density at radius 2 is 2.06 bits per heavy atom. The maximum absolute atomic E-state index is 5.74. The summed E-state index contributed by atoms with van der Waals surface area (Å²) in [6, 6.07) is 8.99. The Morgan fingerprint density at radius 3 is 2.71 bits per heavy atom. The number of benzene rings is 1. The first-order valence-electron chi connectivity index (χ1n) is 6.47. The van der Waals surface area contributed by atoms with Gasteiger partial charge in [0.2, 0.25) is 0 Å². The number of hydrazine groups is 1. The Morgan fingerprint density at radius 1 is 1.29 bits per heavy atom. The molecule has 92 valence electrons. The fraction of sp³-hybridized carbons (Fsp3) is 0.571. The van der Waals surface area contributed by atoms with E-state index in [0.717, 1.165) is 28.6 Å². The van der Waals surface area contributed by atoms with Gasteiger partial charge in [0.05, 0.1) is 0 Å². The number of hydrogen-bond donors (Lipinski definition) is 2. The van der Waals surface area contributed by atoms with Gasteiger partial charge in [0.1, 0.15) is 0 Å². The van der Waals surface area contributed by atoms with E-state index in [0.29, 0.717) is 6.04 Å². The zero-order chi connectivity index (χ0) is 11.8. The Bertz CT molecular complexity index is 397. The van der Waals surface area contributed by atoms with Crippen molar-refractivity contribution >= 4 is 15.9 Å². The maximum Gasteiger partial charge on any atom is 0.0279 e. The van der Waals surface area contributed by atoms with Gasteiger partial charge in [0.15, 0.2) is 0 Å². The normalized spacial score (nSPS) is 32.2. The summed E-state index contributed by atoms with van der Waals surface area (Å²) in [6.45, 7) is 0. The topological polar surface area (TPSA) is 38.0 Å². The number of rotatable bonds is 4. The van der Waals surface area contributed by atoms with Crippen molar-refractivity contribution in [2.75, 3.05) is 0 Å². The molecule has 3 rings (SSSR count). The molecule has 3 N–H and O–H groups in total. The van der Waals surface area contributed by atoms with E-state index in [2.05, 4.69) is 45.6 Å². The molecule has 0 aromatic heterocycles. The summed E-state index contributed by atoms with van der Waals surface area (Å²) < 4.78 is 1.15. The number of fused-ring (bicyclic) bond motifs is 1. The Labute approximate surface area is 111 Å². The zero-order valence-corrected chi connectivity index (χ0v) is 11.5. The molecule has 17 heavy (non-hydrogen) atoms. The molecule has 0 saturated heterocycles. The first-order chi connectivity index (χ1) is 8.26. The van der Waals surface area contributed by atoms with Crippen LogP contribution in [0.1, 0.15) is 24.8 Å². The second-order valence-electron chi connectivity index (χ2n) is 5.59. The van der Waals surface area contributed by atoms with Gasteiger partial charge in [-0.05, 0) is 61.1 Å². The van der Waals surface area contributed by atoms with Gasteiger partial charge in [-0.15, -0.1) is 0 Å². The standard InChI is InChI=1S/C14H19BrN2/c15-13-3-1-2-9(4-13)5-14(17-16)12-7-10-6-11(10)8-12/h1-4,10-12,14,17H,5-8,16H2. The van der Waals surface area contributed by atoms with Gasteiger partial charge in [0, 0.05) is 10.5 Å². The molecule has 1 aromatic rings. The van der Waals surface area contributed by atoms with Crippen LogP contribution in [-0.2, 0) is 6.42 Å². The van der Waals surface area contributed by atoms with Crippen LogP contribution < -0.4 is 11.3 Å². The van der Waals surface area contributed by atoms with Crippen LogP contribution in [0.25, 0.3) is 0 Å². The first-order valence-corrected chi connectivity index (χ1v) is 7.26. The summed E-state index contributed by atoms with van der Waals surface area (Å²) in [6.07, 6.45) is 5.28. The molecule has 2 saturated carbocycles. The molecular formula is C14H19BrN2. The summed E-state index contributed by atoms with van der Waals surface area (Å²) in [4.78, 5) is 0. The van der Waals surface area contributed by atoms with Gasteiger partial charge >= 0.3 is 0 Å². The van der Waals surface area contributed by atoms with E-state index < -0.39 is 0 Å². The predicted octanol–water partition coefficient (Wildman–Crippen LogP) is 2.87. The maximum atomic E-state index is 5.74. The van der Waals surface area contributed by atoms with Crippen molar-refractivity contribution in [1.29, 1.82) is 0 Å². The Hall–Kier alpha value is -0.380. The van der Waals surface area contributed by atoms with Gasteiger partial charge in [-0.2, -0.15) is 0 Å². The number of hydrogen-bond acceptors (Lipinski definition) is 2. The first kappa shape index (κ1) is 11.7. The van der Waals surface area contributed by atoms with Crippen LogP contribution >= 0.6 is 15.9 Å². The Kier molecular flexibility index (Phi) is 3.24. The second-order valence-corrected chi connectivity index (χ2v) is 6.51. The third kappa shape index (κ3) is 2.56. The van der Waals surface area contributed by atoms with Gasteiger partial charge in [-0.1, -0.05) is 28.1 Å². The molecular weight excluding hydrogens is 276 g/mol.